The van der Waals surface area contributed by atoms with Gasteiger partial charge in [-0.2, -0.15) is 0 Å². The van der Waals surface area contributed by atoms with Gasteiger partial charge in [0.1, 0.15) is 5.78 Å². The molecule has 10 heavy (non-hydrogen) atoms. The first-order chi connectivity index (χ1) is 4.62. The monoisotopic (exact) mass is 142 g/mol. The van der Waals surface area contributed by atoms with Crippen LogP contribution in [0.2, 0.25) is 0 Å². The molecule has 1 saturated carbocycles. The summed E-state index contributed by atoms with van der Waals surface area (Å²) in [7, 11) is 1.69. The van der Waals surface area contributed by atoms with Gasteiger partial charge in [0.05, 0.1) is 5.60 Å². The lowest BCUT2D eigenvalue weighted by atomic mass is 9.99. The number of hydrogen-bond donors (Lipinski definition) is 0. The van der Waals surface area contributed by atoms with Gasteiger partial charge in [0.2, 0.25) is 0 Å². The normalized spacial score (nSPS) is 23.9. The Balaban J connectivity index is 2.55. The van der Waals surface area contributed by atoms with E-state index in [9.17, 15) is 4.79 Å². The van der Waals surface area contributed by atoms with E-state index in [1.165, 1.54) is 0 Å². The van der Waals surface area contributed by atoms with E-state index in [0.29, 0.717) is 0 Å². The average molecular weight is 142 g/mol. The Kier molecular flexibility index (Phi) is 1.82. The first kappa shape index (κ1) is 7.73. The fourth-order valence-corrected chi connectivity index (χ4v) is 1.31. The van der Waals surface area contributed by atoms with Crippen molar-refractivity contribution in [3.8, 4) is 0 Å². The highest BCUT2D eigenvalue weighted by Crippen LogP contribution is 2.45. The molecular formula is C8H14O2. The lowest BCUT2D eigenvalue weighted by Crippen LogP contribution is -2.27. The van der Waals surface area contributed by atoms with Crippen molar-refractivity contribution in [1.82, 2.24) is 0 Å². The maximum absolute atomic E-state index is 10.9. The lowest BCUT2D eigenvalue weighted by Gasteiger charge is -2.18. The number of ketones is 1. The standard InChI is InChI=1S/C8H14O2/c1-6(7(2)9)8(10-3)4-5-8/h6H,4-5H2,1-3H3. The summed E-state index contributed by atoms with van der Waals surface area (Å²) >= 11 is 0. The van der Waals surface area contributed by atoms with Crippen molar-refractivity contribution in [1.29, 1.82) is 0 Å². The molecule has 1 rings (SSSR count). The summed E-state index contributed by atoms with van der Waals surface area (Å²) in [5.74, 6) is 0.317. The number of Topliss-reactive ketones (excluding diaryl/α,β-unsaturated/α-hetero) is 1. The minimum atomic E-state index is -0.0775. The lowest BCUT2D eigenvalue weighted by molar-refractivity contribution is -0.125. The molecule has 0 aromatic carbocycles. The number of hydrogen-bond acceptors (Lipinski definition) is 2. The van der Waals surface area contributed by atoms with Gasteiger partial charge in [-0.1, -0.05) is 6.92 Å². The number of carbonyl (C=O) groups excluding carboxylic acids is 1. The first-order valence-corrected chi connectivity index (χ1v) is 3.68. The Hall–Kier alpha value is -0.370. The topological polar surface area (TPSA) is 26.3 Å². The fourth-order valence-electron chi connectivity index (χ4n) is 1.31. The summed E-state index contributed by atoms with van der Waals surface area (Å²) in [4.78, 5) is 10.9. The molecule has 0 radical (unpaired) electrons. The highest BCUT2D eigenvalue weighted by Gasteiger charge is 2.49. The number of carbonyl (C=O) groups is 1. The Morgan fingerprint density at radius 3 is 2.20 bits per heavy atom. The zero-order valence-electron chi connectivity index (χ0n) is 6.81. The van der Waals surface area contributed by atoms with Gasteiger partial charge in [0.25, 0.3) is 0 Å². The van der Waals surface area contributed by atoms with Gasteiger partial charge in [-0.15, -0.1) is 0 Å². The Morgan fingerprint density at radius 1 is 1.60 bits per heavy atom. The second-order valence-electron chi connectivity index (χ2n) is 3.10. The van der Waals surface area contributed by atoms with E-state index in [0.717, 1.165) is 12.8 Å². The molecule has 0 aliphatic heterocycles. The third-order valence-electron chi connectivity index (χ3n) is 2.55. The molecule has 2 heteroatoms. The molecule has 0 spiro atoms. The summed E-state index contributed by atoms with van der Waals surface area (Å²) in [5, 5.41) is 0. The average Bonchev–Trinajstić information content (AvgIpc) is 2.66. The number of methoxy groups -OCH3 is 1. The number of ether oxygens (including phenoxy) is 1. The van der Waals surface area contributed by atoms with E-state index in [1.54, 1.807) is 14.0 Å². The summed E-state index contributed by atoms with van der Waals surface area (Å²) < 4.78 is 5.25. The largest absolute Gasteiger partial charge is 0.377 e. The molecule has 58 valence electrons. The van der Waals surface area contributed by atoms with Crippen LogP contribution in [0, 0.1) is 5.92 Å². The van der Waals surface area contributed by atoms with Gasteiger partial charge in [-0.3, -0.25) is 4.79 Å². The Morgan fingerprint density at radius 2 is 2.10 bits per heavy atom. The third kappa shape index (κ3) is 1.08. The summed E-state index contributed by atoms with van der Waals surface area (Å²) in [5.41, 5.74) is -0.0775. The Labute approximate surface area is 61.6 Å². The smallest absolute Gasteiger partial charge is 0.135 e. The maximum Gasteiger partial charge on any atom is 0.135 e. The molecule has 0 aromatic rings. The molecular weight excluding hydrogens is 128 g/mol. The second-order valence-corrected chi connectivity index (χ2v) is 3.10. The minimum Gasteiger partial charge on any atom is -0.377 e. The minimum absolute atomic E-state index is 0.0775. The van der Waals surface area contributed by atoms with Gasteiger partial charge < -0.3 is 4.74 Å². The van der Waals surface area contributed by atoms with Crippen molar-refractivity contribution < 1.29 is 9.53 Å². The zero-order chi connectivity index (χ0) is 7.78. The quantitative estimate of drug-likeness (QED) is 0.595. The summed E-state index contributed by atoms with van der Waals surface area (Å²) in [6, 6.07) is 0. The van der Waals surface area contributed by atoms with E-state index < -0.39 is 0 Å². The number of rotatable bonds is 3. The van der Waals surface area contributed by atoms with E-state index in [2.05, 4.69) is 0 Å². The SMILES string of the molecule is COC1(C(C)C(C)=O)CC1. The van der Waals surface area contributed by atoms with E-state index in [1.807, 2.05) is 6.92 Å². The van der Waals surface area contributed by atoms with Crippen LogP contribution in [0.3, 0.4) is 0 Å². The third-order valence-corrected chi connectivity index (χ3v) is 2.55. The van der Waals surface area contributed by atoms with Crippen LogP contribution < -0.4 is 0 Å². The molecule has 0 amide bonds. The van der Waals surface area contributed by atoms with Crippen LogP contribution in [0.4, 0.5) is 0 Å². The highest BCUT2D eigenvalue weighted by atomic mass is 16.5. The van der Waals surface area contributed by atoms with Gasteiger partial charge >= 0.3 is 0 Å². The van der Waals surface area contributed by atoms with E-state index in [-0.39, 0.29) is 17.3 Å². The van der Waals surface area contributed by atoms with Gasteiger partial charge in [-0.05, 0) is 19.8 Å². The Bertz CT molecular complexity index is 147. The van der Waals surface area contributed by atoms with Crippen molar-refractivity contribution in [2.24, 2.45) is 5.92 Å². The predicted molar refractivity (Wildman–Crippen MR) is 38.8 cm³/mol. The molecule has 2 nitrogen and oxygen atoms in total. The highest BCUT2D eigenvalue weighted by molar-refractivity contribution is 5.79. The first-order valence-electron chi connectivity index (χ1n) is 3.68. The van der Waals surface area contributed by atoms with Crippen LogP contribution in [-0.2, 0) is 9.53 Å². The van der Waals surface area contributed by atoms with Crippen LogP contribution in [0.25, 0.3) is 0 Å². The van der Waals surface area contributed by atoms with Crippen molar-refractivity contribution in [3.63, 3.8) is 0 Å². The van der Waals surface area contributed by atoms with Gasteiger partial charge in [-0.25, -0.2) is 0 Å². The van der Waals surface area contributed by atoms with E-state index in [4.69, 9.17) is 4.74 Å². The van der Waals surface area contributed by atoms with Gasteiger partial charge in [0, 0.05) is 13.0 Å². The van der Waals surface area contributed by atoms with Crippen molar-refractivity contribution in [2.75, 3.05) is 7.11 Å². The predicted octanol–water partition coefficient (Wildman–Crippen LogP) is 1.39. The van der Waals surface area contributed by atoms with E-state index >= 15 is 0 Å². The molecule has 1 fully saturated rings. The zero-order valence-corrected chi connectivity index (χ0v) is 6.81. The van der Waals surface area contributed by atoms with Crippen molar-refractivity contribution in [3.05, 3.63) is 0 Å². The molecule has 0 N–H and O–H groups in total. The molecule has 0 heterocycles. The van der Waals surface area contributed by atoms with Crippen molar-refractivity contribution >= 4 is 5.78 Å². The van der Waals surface area contributed by atoms with Gasteiger partial charge in [0.15, 0.2) is 0 Å². The molecule has 1 aliphatic carbocycles. The summed E-state index contributed by atoms with van der Waals surface area (Å²) in [6.45, 7) is 3.57. The van der Waals surface area contributed by atoms with Crippen molar-refractivity contribution in [2.45, 2.75) is 32.3 Å². The molecule has 0 bridgehead atoms. The second kappa shape index (κ2) is 2.35. The van der Waals surface area contributed by atoms with Crippen LogP contribution >= 0.6 is 0 Å². The van der Waals surface area contributed by atoms with Crippen LogP contribution in [-0.4, -0.2) is 18.5 Å². The van der Waals surface area contributed by atoms with Crippen LogP contribution in [0.15, 0.2) is 0 Å². The van der Waals surface area contributed by atoms with Crippen LogP contribution in [0.5, 0.6) is 0 Å². The summed E-state index contributed by atoms with van der Waals surface area (Å²) in [6.07, 6.45) is 2.09. The fraction of sp³-hybridized carbons (Fsp3) is 0.875. The molecule has 0 saturated heterocycles. The molecule has 1 aliphatic rings. The molecule has 1 unspecified atom stereocenters. The van der Waals surface area contributed by atoms with Crippen LogP contribution in [0.1, 0.15) is 26.7 Å². The maximum atomic E-state index is 10.9. The molecule has 0 aromatic heterocycles. The molecule has 1 atom stereocenters.